The van der Waals surface area contributed by atoms with Crippen molar-refractivity contribution in [1.82, 2.24) is 0 Å². The number of allylic oxidation sites excluding steroid dienone is 4. The van der Waals surface area contributed by atoms with Crippen molar-refractivity contribution >= 4 is 11.5 Å². The van der Waals surface area contributed by atoms with Crippen LogP contribution in [-0.2, 0) is 9.53 Å². The molecule has 0 aromatic heterocycles. The number of hydrogen-bond donors (Lipinski definition) is 0. The van der Waals surface area contributed by atoms with Gasteiger partial charge in [0.05, 0.1) is 13.2 Å². The van der Waals surface area contributed by atoms with Crippen molar-refractivity contribution in [1.29, 1.82) is 0 Å². The summed E-state index contributed by atoms with van der Waals surface area (Å²) >= 11 is 0. The number of carbonyl (C=O) groups excluding carboxylic acids is 1. The molecule has 0 atom stereocenters. The summed E-state index contributed by atoms with van der Waals surface area (Å²) in [6, 6.07) is 6.72. The normalized spacial score (nSPS) is 19.9. The number of hydrogen-bond acceptors (Lipinski definition) is 3. The molecule has 0 amide bonds. The third-order valence-corrected chi connectivity index (χ3v) is 5.70. The third-order valence-electron chi connectivity index (χ3n) is 5.70. The van der Waals surface area contributed by atoms with E-state index in [0.717, 1.165) is 22.5 Å². The molecule has 1 saturated carbocycles. The minimum absolute atomic E-state index is 0.0670. The van der Waals surface area contributed by atoms with Gasteiger partial charge in [0.15, 0.2) is 0 Å². The zero-order valence-electron chi connectivity index (χ0n) is 18.3. The predicted octanol–water partition coefficient (Wildman–Crippen LogP) is 6.60. The van der Waals surface area contributed by atoms with Crippen LogP contribution >= 0.6 is 0 Å². The van der Waals surface area contributed by atoms with Gasteiger partial charge in [0.25, 0.3) is 0 Å². The van der Waals surface area contributed by atoms with E-state index in [2.05, 4.69) is 44.2 Å². The van der Waals surface area contributed by atoms with E-state index in [-0.39, 0.29) is 11.4 Å². The van der Waals surface area contributed by atoms with Crippen molar-refractivity contribution in [3.8, 4) is 5.75 Å². The van der Waals surface area contributed by atoms with Crippen LogP contribution in [0.15, 0.2) is 48.1 Å². The molecule has 1 aliphatic carbocycles. The van der Waals surface area contributed by atoms with E-state index in [4.69, 9.17) is 9.47 Å². The van der Waals surface area contributed by atoms with Gasteiger partial charge in [-0.3, -0.25) is 0 Å². The molecule has 29 heavy (non-hydrogen) atoms. The van der Waals surface area contributed by atoms with Gasteiger partial charge >= 0.3 is 5.97 Å². The molecule has 156 valence electrons. The fraction of sp³-hybridized carbons (Fsp3) is 0.500. The second kappa shape index (κ2) is 9.47. The molecule has 1 heterocycles. The lowest BCUT2D eigenvalue weighted by Gasteiger charge is -2.23. The van der Waals surface area contributed by atoms with Crippen LogP contribution in [0.5, 0.6) is 5.75 Å². The summed E-state index contributed by atoms with van der Waals surface area (Å²) in [5.74, 6) is 1.30. The number of rotatable bonds is 5. The summed E-state index contributed by atoms with van der Waals surface area (Å²) in [5.41, 5.74) is 4.53. The maximum atomic E-state index is 11.7. The molecule has 1 aromatic rings. The molecule has 2 aliphatic rings. The smallest absolute Gasteiger partial charge is 0.330 e. The summed E-state index contributed by atoms with van der Waals surface area (Å²) < 4.78 is 11.2. The Bertz CT molecular complexity index is 820. The highest BCUT2D eigenvalue weighted by Crippen LogP contribution is 2.40. The second-order valence-electron chi connectivity index (χ2n) is 8.94. The molecule has 3 nitrogen and oxygen atoms in total. The Morgan fingerprint density at radius 3 is 2.72 bits per heavy atom. The van der Waals surface area contributed by atoms with E-state index >= 15 is 0 Å². The monoisotopic (exact) mass is 394 g/mol. The molecule has 0 unspecified atom stereocenters. The lowest BCUT2D eigenvalue weighted by molar-refractivity contribution is -0.137. The minimum atomic E-state index is -0.298. The van der Waals surface area contributed by atoms with Crippen LogP contribution in [-0.4, -0.2) is 19.2 Å². The molecule has 0 radical (unpaired) electrons. The molecule has 1 aromatic carbocycles. The predicted molar refractivity (Wildman–Crippen MR) is 119 cm³/mol. The van der Waals surface area contributed by atoms with Crippen LogP contribution in [0.4, 0.5) is 0 Å². The largest absolute Gasteiger partial charge is 0.492 e. The average molecular weight is 395 g/mol. The fourth-order valence-corrected chi connectivity index (χ4v) is 4.17. The van der Waals surface area contributed by atoms with E-state index in [9.17, 15) is 4.79 Å². The van der Waals surface area contributed by atoms with E-state index < -0.39 is 0 Å². The van der Waals surface area contributed by atoms with Crippen molar-refractivity contribution in [3.05, 3.63) is 59.2 Å². The summed E-state index contributed by atoms with van der Waals surface area (Å²) in [7, 11) is 0. The average Bonchev–Trinajstić information content (AvgIpc) is 2.83. The van der Waals surface area contributed by atoms with Crippen LogP contribution < -0.4 is 4.74 Å². The number of benzene rings is 1. The zero-order chi connectivity index (χ0) is 20.9. The molecule has 0 spiro atoms. The molecule has 3 heteroatoms. The molecular weight excluding hydrogens is 360 g/mol. The molecule has 0 saturated heterocycles. The highest BCUT2D eigenvalue weighted by Gasteiger charge is 2.24. The highest BCUT2D eigenvalue weighted by molar-refractivity contribution is 5.84. The molecule has 0 N–H and O–H groups in total. The van der Waals surface area contributed by atoms with Crippen LogP contribution in [0, 0.1) is 5.41 Å². The van der Waals surface area contributed by atoms with Gasteiger partial charge in [0.1, 0.15) is 5.75 Å². The van der Waals surface area contributed by atoms with Crippen LogP contribution in [0.2, 0.25) is 0 Å². The van der Waals surface area contributed by atoms with Gasteiger partial charge in [-0.2, -0.15) is 0 Å². The van der Waals surface area contributed by atoms with Crippen LogP contribution in [0.1, 0.15) is 76.8 Å². The summed E-state index contributed by atoms with van der Waals surface area (Å²) in [5, 5.41) is 0. The first-order valence-corrected chi connectivity index (χ1v) is 10.9. The Balaban J connectivity index is 1.93. The van der Waals surface area contributed by atoms with Crippen LogP contribution in [0.3, 0.4) is 0 Å². The Hall–Kier alpha value is -2.29. The minimum Gasteiger partial charge on any atom is -0.492 e. The van der Waals surface area contributed by atoms with Gasteiger partial charge in [-0.05, 0) is 61.4 Å². The van der Waals surface area contributed by atoms with Gasteiger partial charge in [-0.15, -0.1) is 0 Å². The highest BCUT2D eigenvalue weighted by atomic mass is 16.5. The fourth-order valence-electron chi connectivity index (χ4n) is 4.17. The number of ether oxygens (including phenoxy) is 2. The first-order chi connectivity index (χ1) is 13.9. The maximum Gasteiger partial charge on any atom is 0.330 e. The molecule has 0 bridgehead atoms. The van der Waals surface area contributed by atoms with Crippen molar-refractivity contribution in [2.75, 3.05) is 13.2 Å². The number of esters is 1. The second-order valence-corrected chi connectivity index (χ2v) is 8.94. The zero-order valence-corrected chi connectivity index (χ0v) is 18.3. The van der Waals surface area contributed by atoms with E-state index in [1.165, 1.54) is 43.7 Å². The molecule has 1 aliphatic heterocycles. The SMILES string of the molecule is CCOC(=O)/C=C(C)/C=C/C1=CC(C)(C)COc2ccc(C3CCCCC3)cc21. The van der Waals surface area contributed by atoms with Gasteiger partial charge in [-0.1, -0.05) is 57.4 Å². The lowest BCUT2D eigenvalue weighted by Crippen LogP contribution is -2.17. The molecule has 1 fully saturated rings. The van der Waals surface area contributed by atoms with E-state index in [0.29, 0.717) is 19.1 Å². The third kappa shape index (κ3) is 5.85. The Kier molecular flexibility index (Phi) is 7.00. The van der Waals surface area contributed by atoms with Gasteiger partial charge in [0.2, 0.25) is 0 Å². The summed E-state index contributed by atoms with van der Waals surface area (Å²) in [6.45, 7) is 9.16. The van der Waals surface area contributed by atoms with E-state index in [1.807, 2.05) is 19.9 Å². The van der Waals surface area contributed by atoms with Crippen molar-refractivity contribution < 1.29 is 14.3 Å². The first kappa shape index (κ1) is 21.4. The van der Waals surface area contributed by atoms with E-state index in [1.54, 1.807) is 0 Å². The van der Waals surface area contributed by atoms with Crippen molar-refractivity contribution in [3.63, 3.8) is 0 Å². The Morgan fingerprint density at radius 1 is 1.24 bits per heavy atom. The molecule has 3 rings (SSSR count). The Morgan fingerprint density at radius 2 is 2.00 bits per heavy atom. The quantitative estimate of drug-likeness (QED) is 0.320. The van der Waals surface area contributed by atoms with Crippen molar-refractivity contribution in [2.24, 2.45) is 5.41 Å². The molecular formula is C26H34O3. The topological polar surface area (TPSA) is 35.5 Å². The Labute approximate surface area is 175 Å². The lowest BCUT2D eigenvalue weighted by atomic mass is 9.82. The van der Waals surface area contributed by atoms with Gasteiger partial charge in [0, 0.05) is 17.1 Å². The number of fused-ring (bicyclic) bond motifs is 1. The van der Waals surface area contributed by atoms with Gasteiger partial charge < -0.3 is 9.47 Å². The van der Waals surface area contributed by atoms with Gasteiger partial charge in [-0.25, -0.2) is 4.79 Å². The summed E-state index contributed by atoms with van der Waals surface area (Å²) in [4.78, 5) is 11.7. The number of carbonyl (C=O) groups is 1. The maximum absolute atomic E-state index is 11.7. The van der Waals surface area contributed by atoms with Crippen LogP contribution in [0.25, 0.3) is 5.57 Å². The standard InChI is InChI=1S/C26H34O3/c1-5-28-25(27)15-19(2)11-12-22-17-26(3,4)18-29-24-14-13-21(16-23(22)24)20-9-7-6-8-10-20/h11-17,20H,5-10,18H2,1-4H3/b12-11+,19-15+. The first-order valence-electron chi connectivity index (χ1n) is 10.9. The summed E-state index contributed by atoms with van der Waals surface area (Å²) in [6.07, 6.45) is 14.5. The van der Waals surface area contributed by atoms with Crippen molar-refractivity contribution in [2.45, 2.75) is 65.7 Å².